The fourth-order valence-corrected chi connectivity index (χ4v) is 5.38. The van der Waals surface area contributed by atoms with Crippen LogP contribution in [0.4, 0.5) is 13.2 Å². The van der Waals surface area contributed by atoms with Gasteiger partial charge in [0.05, 0.1) is 16.7 Å². The molecule has 3 atom stereocenters. The summed E-state index contributed by atoms with van der Waals surface area (Å²) in [6.07, 6.45) is 0.677. The lowest BCUT2D eigenvalue weighted by Gasteiger charge is -2.25. The Morgan fingerprint density at radius 1 is 1.08 bits per heavy atom. The van der Waals surface area contributed by atoms with E-state index in [1.165, 1.54) is 0 Å². The molecule has 3 aromatic rings. The molecule has 10 heteroatoms. The predicted octanol–water partition coefficient (Wildman–Crippen LogP) is 6.00. The Morgan fingerprint density at radius 3 is 2.39 bits per heavy atom. The zero-order valence-electron chi connectivity index (χ0n) is 18.5. The first-order chi connectivity index (χ1) is 17.2. The van der Waals surface area contributed by atoms with Crippen LogP contribution in [0.3, 0.4) is 0 Å². The lowest BCUT2D eigenvalue weighted by atomic mass is 9.89. The smallest absolute Gasteiger partial charge is 0.326 e. The molecule has 5 nitrogen and oxygen atoms in total. The van der Waals surface area contributed by atoms with Crippen molar-refractivity contribution in [1.29, 1.82) is 0 Å². The number of ether oxygens (including phenoxy) is 1. The minimum atomic E-state index is -1.47. The molecule has 2 N–H and O–H groups in total. The molecule has 2 aliphatic rings. The zero-order chi connectivity index (χ0) is 25.7. The third kappa shape index (κ3) is 4.40. The molecule has 1 saturated carbocycles. The highest BCUT2D eigenvalue weighted by molar-refractivity contribution is 6.39. The maximum absolute atomic E-state index is 14.0. The van der Waals surface area contributed by atoms with Crippen LogP contribution in [0.25, 0.3) is 11.1 Å². The minimum absolute atomic E-state index is 0.0964. The van der Waals surface area contributed by atoms with Crippen molar-refractivity contribution in [3.8, 4) is 16.9 Å². The first-order valence-corrected chi connectivity index (χ1v) is 11.8. The summed E-state index contributed by atoms with van der Waals surface area (Å²) in [5.41, 5.74) is 1.43. The summed E-state index contributed by atoms with van der Waals surface area (Å²) in [6, 6.07) is 7.09. The van der Waals surface area contributed by atoms with Gasteiger partial charge in [0.25, 0.3) is 5.91 Å². The van der Waals surface area contributed by atoms with Crippen LogP contribution in [0.2, 0.25) is 10.0 Å². The number of carboxylic acid groups (broad SMARTS) is 1. The molecule has 1 aliphatic heterocycles. The van der Waals surface area contributed by atoms with Crippen molar-refractivity contribution in [2.24, 2.45) is 5.92 Å². The van der Waals surface area contributed by atoms with Crippen LogP contribution in [0.1, 0.15) is 33.8 Å². The largest absolute Gasteiger partial charge is 0.492 e. The van der Waals surface area contributed by atoms with Crippen molar-refractivity contribution < 1.29 is 32.6 Å². The molecular weight excluding hydrogens is 518 g/mol. The van der Waals surface area contributed by atoms with E-state index >= 15 is 0 Å². The molecular formula is C26H18Cl2F3NO4. The standard InChI is InChI=1S/C26H18Cl2F3NO4/c27-16-8-13(29)9-17(28)22(16)14-5-4-11(21-15-6-12(15)10-36-24(14)21)7-20(26(34)35)32-25(33)23-18(30)2-1-3-19(23)31/h1-5,8-9,12,15,20H,6-7,10H2,(H,32,33)(H,34,35)/t12-,15?,20-/m0/s1. The van der Waals surface area contributed by atoms with Gasteiger partial charge in [-0.15, -0.1) is 0 Å². The molecule has 1 aliphatic carbocycles. The van der Waals surface area contributed by atoms with Crippen LogP contribution in [0, 0.1) is 23.4 Å². The molecule has 1 amide bonds. The first-order valence-electron chi connectivity index (χ1n) is 11.1. The number of hydrogen-bond donors (Lipinski definition) is 2. The lowest BCUT2D eigenvalue weighted by molar-refractivity contribution is -0.139. The summed E-state index contributed by atoms with van der Waals surface area (Å²) in [4.78, 5) is 24.6. The zero-order valence-corrected chi connectivity index (χ0v) is 20.0. The Balaban J connectivity index is 1.52. The fourth-order valence-electron chi connectivity index (χ4n) is 4.72. The van der Waals surface area contributed by atoms with Crippen LogP contribution in [-0.4, -0.2) is 29.6 Å². The van der Waals surface area contributed by atoms with Gasteiger partial charge >= 0.3 is 5.97 Å². The van der Waals surface area contributed by atoms with Crippen molar-refractivity contribution >= 4 is 35.1 Å². The van der Waals surface area contributed by atoms with Crippen LogP contribution < -0.4 is 10.1 Å². The monoisotopic (exact) mass is 535 g/mol. The van der Waals surface area contributed by atoms with Crippen LogP contribution in [0.15, 0.2) is 42.5 Å². The molecule has 3 aromatic carbocycles. The van der Waals surface area contributed by atoms with E-state index in [0.717, 1.165) is 42.3 Å². The van der Waals surface area contributed by atoms with Crippen molar-refractivity contribution in [3.63, 3.8) is 0 Å². The van der Waals surface area contributed by atoms with Gasteiger partial charge in [-0.2, -0.15) is 0 Å². The van der Waals surface area contributed by atoms with Crippen molar-refractivity contribution in [1.82, 2.24) is 5.32 Å². The van der Waals surface area contributed by atoms with E-state index in [1.807, 2.05) is 0 Å². The number of fused-ring (bicyclic) bond motifs is 3. The molecule has 0 spiro atoms. The number of benzene rings is 3. The topological polar surface area (TPSA) is 75.6 Å². The van der Waals surface area contributed by atoms with E-state index in [-0.39, 0.29) is 28.3 Å². The number of nitrogens with one attached hydrogen (secondary N) is 1. The number of amides is 1. The molecule has 0 bridgehead atoms. The number of carboxylic acids is 1. The van der Waals surface area contributed by atoms with Crippen molar-refractivity contribution in [2.75, 3.05) is 6.61 Å². The Hall–Kier alpha value is -3.23. The van der Waals surface area contributed by atoms with Crippen molar-refractivity contribution in [2.45, 2.75) is 24.8 Å². The highest BCUT2D eigenvalue weighted by Gasteiger charge is 2.46. The number of carbonyl (C=O) groups excluding carboxylic acids is 1. The second kappa shape index (κ2) is 9.33. The van der Waals surface area contributed by atoms with Gasteiger partial charge < -0.3 is 15.2 Å². The summed E-state index contributed by atoms with van der Waals surface area (Å²) < 4.78 is 47.9. The average molecular weight is 536 g/mol. The molecule has 186 valence electrons. The summed E-state index contributed by atoms with van der Waals surface area (Å²) >= 11 is 12.6. The Morgan fingerprint density at radius 2 is 1.75 bits per heavy atom. The molecule has 0 radical (unpaired) electrons. The highest BCUT2D eigenvalue weighted by Crippen LogP contribution is 2.58. The summed E-state index contributed by atoms with van der Waals surface area (Å²) in [6.45, 7) is 0.455. The van der Waals surface area contributed by atoms with Gasteiger partial charge in [-0.1, -0.05) is 41.4 Å². The Kier molecular flexibility index (Phi) is 6.34. The minimum Gasteiger partial charge on any atom is -0.492 e. The molecule has 1 heterocycles. The van der Waals surface area contributed by atoms with Gasteiger partial charge in [-0.3, -0.25) is 4.79 Å². The van der Waals surface area contributed by atoms with Crippen LogP contribution in [-0.2, 0) is 11.2 Å². The van der Waals surface area contributed by atoms with Gasteiger partial charge in [0.1, 0.15) is 34.8 Å². The van der Waals surface area contributed by atoms with E-state index in [1.54, 1.807) is 12.1 Å². The summed E-state index contributed by atoms with van der Waals surface area (Å²) in [5, 5.41) is 12.2. The second-order valence-corrected chi connectivity index (χ2v) is 9.65. The summed E-state index contributed by atoms with van der Waals surface area (Å²) in [5.74, 6) is -4.49. The van der Waals surface area contributed by atoms with Crippen LogP contribution in [0.5, 0.6) is 5.75 Å². The van der Waals surface area contributed by atoms with Gasteiger partial charge in [0.15, 0.2) is 0 Å². The number of rotatable bonds is 6. The van der Waals surface area contributed by atoms with Gasteiger partial charge in [0, 0.05) is 29.0 Å². The van der Waals surface area contributed by atoms with E-state index in [9.17, 15) is 27.9 Å². The number of carbonyl (C=O) groups is 2. The molecule has 0 saturated heterocycles. The molecule has 0 aromatic heterocycles. The third-order valence-electron chi connectivity index (χ3n) is 6.52. The molecule has 5 rings (SSSR count). The predicted molar refractivity (Wildman–Crippen MR) is 127 cm³/mol. The van der Waals surface area contributed by atoms with Crippen molar-refractivity contribution in [3.05, 3.63) is 86.7 Å². The SMILES string of the molecule is O=C(N[C@@H](Cc1ccc(-c2c(Cl)cc(F)cc2Cl)c2c1C1C[C@H]1CO2)C(=O)O)c1c(F)cccc1F. The maximum Gasteiger partial charge on any atom is 0.326 e. The normalized spacial score (nSPS) is 18.5. The van der Waals surface area contributed by atoms with E-state index in [2.05, 4.69) is 5.32 Å². The van der Waals surface area contributed by atoms with Crippen LogP contribution >= 0.6 is 23.2 Å². The molecule has 36 heavy (non-hydrogen) atoms. The number of aliphatic carboxylic acids is 1. The quantitative estimate of drug-likeness (QED) is 0.406. The second-order valence-electron chi connectivity index (χ2n) is 8.84. The van der Waals surface area contributed by atoms with Gasteiger partial charge in [-0.25, -0.2) is 18.0 Å². The fraction of sp³-hybridized carbons (Fsp3) is 0.231. The molecule has 1 fully saturated rings. The third-order valence-corrected chi connectivity index (χ3v) is 7.11. The van der Waals surface area contributed by atoms with E-state index in [4.69, 9.17) is 27.9 Å². The van der Waals surface area contributed by atoms with Gasteiger partial charge in [-0.05, 0) is 42.2 Å². The first kappa shape index (κ1) is 24.5. The Bertz CT molecular complexity index is 1370. The van der Waals surface area contributed by atoms with Gasteiger partial charge in [0.2, 0.25) is 0 Å². The highest BCUT2D eigenvalue weighted by atomic mass is 35.5. The number of halogens is 5. The Labute approximate surface area is 213 Å². The summed E-state index contributed by atoms with van der Waals surface area (Å²) in [7, 11) is 0. The number of hydrogen-bond acceptors (Lipinski definition) is 3. The lowest BCUT2D eigenvalue weighted by Crippen LogP contribution is -2.43. The van der Waals surface area contributed by atoms with E-state index < -0.39 is 40.9 Å². The average Bonchev–Trinajstić information content (AvgIpc) is 3.59. The van der Waals surface area contributed by atoms with E-state index in [0.29, 0.717) is 29.0 Å². The molecule has 1 unspecified atom stereocenters. The maximum atomic E-state index is 14.0.